The number of anilines is 1. The third-order valence-corrected chi connectivity index (χ3v) is 5.76. The highest BCUT2D eigenvalue weighted by molar-refractivity contribution is 6.01. The Bertz CT molecular complexity index is 1070. The van der Waals surface area contributed by atoms with Gasteiger partial charge in [0.25, 0.3) is 11.8 Å². The number of amides is 2. The number of benzene rings is 1. The van der Waals surface area contributed by atoms with Crippen LogP contribution in [0.4, 0.5) is 5.82 Å². The summed E-state index contributed by atoms with van der Waals surface area (Å²) in [5.74, 6) is 0.479. The van der Waals surface area contributed by atoms with Crippen LogP contribution in [0.15, 0.2) is 42.6 Å². The van der Waals surface area contributed by atoms with Gasteiger partial charge < -0.3 is 5.32 Å². The van der Waals surface area contributed by atoms with Crippen molar-refractivity contribution >= 4 is 17.6 Å². The second kappa shape index (κ2) is 6.84. The van der Waals surface area contributed by atoms with E-state index in [0.29, 0.717) is 31.6 Å². The van der Waals surface area contributed by atoms with Crippen molar-refractivity contribution in [3.8, 4) is 0 Å². The van der Waals surface area contributed by atoms with Crippen LogP contribution in [0, 0.1) is 0 Å². The molecular weight excluding hydrogens is 370 g/mol. The zero-order valence-electron chi connectivity index (χ0n) is 16.0. The maximum atomic E-state index is 12.9. The minimum atomic E-state index is -0.627. The number of hydrogen-bond acceptors (Lipinski definition) is 5. The van der Waals surface area contributed by atoms with Crippen LogP contribution >= 0.6 is 0 Å². The van der Waals surface area contributed by atoms with Crippen LogP contribution in [-0.2, 0) is 24.3 Å². The first-order valence-electron chi connectivity index (χ1n) is 9.69. The lowest BCUT2D eigenvalue weighted by Gasteiger charge is -2.20. The van der Waals surface area contributed by atoms with E-state index in [1.807, 2.05) is 18.2 Å². The summed E-state index contributed by atoms with van der Waals surface area (Å²) in [7, 11) is 1.70. The standard InChI is InChI=1S/C20H21N7O2/c1-25-17-7-9-21-26(17)10-8-15(20(25)29)22-19(28)18-16-11-14(12-27(16)24-23-18)13-5-3-2-4-6-13/h2-7,9,14-15H,8,10-12H2,1H3,(H,22,28)/t14?,15-/m0/s1. The Kier molecular flexibility index (Phi) is 4.15. The van der Waals surface area contributed by atoms with Gasteiger partial charge >= 0.3 is 0 Å². The molecule has 0 fully saturated rings. The molecule has 9 heteroatoms. The first-order chi connectivity index (χ1) is 14.1. The van der Waals surface area contributed by atoms with Crippen LogP contribution < -0.4 is 10.2 Å². The molecular formula is C20H21N7O2. The fraction of sp³-hybridized carbons (Fsp3) is 0.350. The van der Waals surface area contributed by atoms with Gasteiger partial charge in [0.05, 0.1) is 18.4 Å². The van der Waals surface area contributed by atoms with Crippen molar-refractivity contribution in [2.75, 3.05) is 11.9 Å². The summed E-state index contributed by atoms with van der Waals surface area (Å²) in [6.45, 7) is 1.25. The summed E-state index contributed by atoms with van der Waals surface area (Å²) in [5.41, 5.74) is 2.35. The van der Waals surface area contributed by atoms with E-state index in [-0.39, 0.29) is 17.7 Å². The van der Waals surface area contributed by atoms with Crippen molar-refractivity contribution in [1.29, 1.82) is 0 Å². The van der Waals surface area contributed by atoms with Gasteiger partial charge in [-0.3, -0.25) is 14.5 Å². The Morgan fingerprint density at radius 2 is 2.00 bits per heavy atom. The molecule has 2 atom stereocenters. The van der Waals surface area contributed by atoms with Gasteiger partial charge in [-0.05, 0) is 12.0 Å². The molecule has 2 aliphatic rings. The molecule has 0 saturated heterocycles. The SMILES string of the molecule is CN1C(=O)[C@@H](NC(=O)c2nnn3c2CC(c2ccccc2)C3)CCn2nccc21. The second-order valence-corrected chi connectivity index (χ2v) is 7.50. The normalized spacial score (nSPS) is 20.9. The third kappa shape index (κ3) is 2.98. The fourth-order valence-electron chi connectivity index (χ4n) is 4.18. The van der Waals surface area contributed by atoms with Crippen molar-refractivity contribution in [3.05, 3.63) is 59.5 Å². The van der Waals surface area contributed by atoms with E-state index in [1.54, 1.807) is 28.7 Å². The van der Waals surface area contributed by atoms with Crippen molar-refractivity contribution in [2.24, 2.45) is 0 Å². The summed E-state index contributed by atoms with van der Waals surface area (Å²) in [6, 6.07) is 11.4. The lowest BCUT2D eigenvalue weighted by atomic mass is 9.96. The quantitative estimate of drug-likeness (QED) is 0.718. The summed E-state index contributed by atoms with van der Waals surface area (Å²) in [4.78, 5) is 27.3. The van der Waals surface area contributed by atoms with E-state index in [1.165, 1.54) is 10.5 Å². The Hall–Kier alpha value is -3.49. The van der Waals surface area contributed by atoms with Crippen LogP contribution in [0.25, 0.3) is 0 Å². The molecule has 2 aliphatic heterocycles. The molecule has 148 valence electrons. The molecule has 4 heterocycles. The molecule has 0 spiro atoms. The Morgan fingerprint density at radius 3 is 2.83 bits per heavy atom. The van der Waals surface area contributed by atoms with E-state index < -0.39 is 6.04 Å². The van der Waals surface area contributed by atoms with Gasteiger partial charge in [0.2, 0.25) is 0 Å². The van der Waals surface area contributed by atoms with E-state index in [2.05, 4.69) is 32.9 Å². The minimum absolute atomic E-state index is 0.163. The average Bonchev–Trinajstić information content (AvgIpc) is 3.44. The number of fused-ring (bicyclic) bond motifs is 2. The van der Waals surface area contributed by atoms with Gasteiger partial charge in [0, 0.05) is 32.0 Å². The zero-order valence-corrected chi connectivity index (χ0v) is 16.0. The first kappa shape index (κ1) is 17.6. The van der Waals surface area contributed by atoms with Gasteiger partial charge in [-0.15, -0.1) is 5.10 Å². The van der Waals surface area contributed by atoms with Gasteiger partial charge in [0.15, 0.2) is 5.69 Å². The minimum Gasteiger partial charge on any atom is -0.339 e. The predicted molar refractivity (Wildman–Crippen MR) is 104 cm³/mol. The van der Waals surface area contributed by atoms with Crippen LogP contribution in [-0.4, -0.2) is 49.7 Å². The molecule has 5 rings (SSSR count). The number of likely N-dealkylation sites (N-methyl/N-ethyl adjacent to an activating group) is 1. The number of aromatic nitrogens is 5. The van der Waals surface area contributed by atoms with Crippen LogP contribution in [0.5, 0.6) is 0 Å². The second-order valence-electron chi connectivity index (χ2n) is 7.50. The lowest BCUT2D eigenvalue weighted by molar-refractivity contribution is -0.120. The molecule has 1 N–H and O–H groups in total. The molecule has 3 aromatic rings. The van der Waals surface area contributed by atoms with E-state index >= 15 is 0 Å². The number of nitrogens with zero attached hydrogens (tertiary/aromatic N) is 6. The molecule has 0 saturated carbocycles. The largest absolute Gasteiger partial charge is 0.339 e. The number of aryl methyl sites for hydroxylation is 1. The molecule has 0 aliphatic carbocycles. The van der Waals surface area contributed by atoms with Crippen LogP contribution in [0.3, 0.4) is 0 Å². The van der Waals surface area contributed by atoms with Gasteiger partial charge in [-0.2, -0.15) is 5.10 Å². The van der Waals surface area contributed by atoms with E-state index in [0.717, 1.165) is 11.5 Å². The van der Waals surface area contributed by atoms with Crippen molar-refractivity contribution < 1.29 is 9.59 Å². The third-order valence-electron chi connectivity index (χ3n) is 5.76. The smallest absolute Gasteiger partial charge is 0.274 e. The summed E-state index contributed by atoms with van der Waals surface area (Å²) in [6.07, 6.45) is 2.84. The Balaban J connectivity index is 1.32. The topological polar surface area (TPSA) is 97.9 Å². The van der Waals surface area contributed by atoms with Crippen LogP contribution in [0.2, 0.25) is 0 Å². The number of carbonyl (C=O) groups is 2. The van der Waals surface area contributed by atoms with Gasteiger partial charge in [-0.1, -0.05) is 35.5 Å². The maximum Gasteiger partial charge on any atom is 0.274 e. The monoisotopic (exact) mass is 391 g/mol. The Labute approximate surface area is 167 Å². The highest BCUT2D eigenvalue weighted by Gasteiger charge is 2.34. The number of hydrogen-bond donors (Lipinski definition) is 1. The number of nitrogens with one attached hydrogen (secondary N) is 1. The number of rotatable bonds is 3. The Morgan fingerprint density at radius 1 is 1.17 bits per heavy atom. The van der Waals surface area contributed by atoms with Crippen molar-refractivity contribution in [1.82, 2.24) is 30.1 Å². The highest BCUT2D eigenvalue weighted by Crippen LogP contribution is 2.30. The molecule has 2 amide bonds. The molecule has 0 radical (unpaired) electrons. The molecule has 9 nitrogen and oxygen atoms in total. The number of carbonyl (C=O) groups excluding carboxylic acids is 2. The maximum absolute atomic E-state index is 12.9. The lowest BCUT2D eigenvalue weighted by Crippen LogP contribution is -2.47. The predicted octanol–water partition coefficient (Wildman–Crippen LogP) is 0.980. The van der Waals surface area contributed by atoms with Crippen molar-refractivity contribution in [2.45, 2.75) is 37.9 Å². The van der Waals surface area contributed by atoms with E-state index in [9.17, 15) is 9.59 Å². The fourth-order valence-corrected chi connectivity index (χ4v) is 4.18. The highest BCUT2D eigenvalue weighted by atomic mass is 16.2. The zero-order chi connectivity index (χ0) is 20.0. The molecule has 29 heavy (non-hydrogen) atoms. The molecule has 1 unspecified atom stereocenters. The van der Waals surface area contributed by atoms with Gasteiger partial charge in [0.1, 0.15) is 11.9 Å². The summed E-state index contributed by atoms with van der Waals surface area (Å²) >= 11 is 0. The average molecular weight is 391 g/mol. The first-order valence-corrected chi connectivity index (χ1v) is 9.69. The molecule has 1 aromatic carbocycles. The summed E-state index contributed by atoms with van der Waals surface area (Å²) < 4.78 is 3.56. The molecule has 2 aromatic heterocycles. The molecule has 0 bridgehead atoms. The summed E-state index contributed by atoms with van der Waals surface area (Å²) in [5, 5.41) is 15.3. The van der Waals surface area contributed by atoms with Gasteiger partial charge in [-0.25, -0.2) is 9.36 Å². The van der Waals surface area contributed by atoms with Crippen LogP contribution in [0.1, 0.15) is 34.1 Å². The van der Waals surface area contributed by atoms with E-state index in [4.69, 9.17) is 0 Å². The van der Waals surface area contributed by atoms with Crippen molar-refractivity contribution in [3.63, 3.8) is 0 Å².